The summed E-state index contributed by atoms with van der Waals surface area (Å²) in [5.41, 5.74) is 5.53. The zero-order chi connectivity index (χ0) is 24.8. The van der Waals surface area contributed by atoms with E-state index in [9.17, 15) is 14.0 Å². The number of pyridine rings is 1. The molecule has 184 valence electrons. The van der Waals surface area contributed by atoms with Gasteiger partial charge >= 0.3 is 6.09 Å². The minimum atomic E-state index is -0.459. The van der Waals surface area contributed by atoms with Gasteiger partial charge in [0.15, 0.2) is 5.78 Å². The second kappa shape index (κ2) is 9.13. The van der Waals surface area contributed by atoms with Crippen LogP contribution in [-0.2, 0) is 9.47 Å². The summed E-state index contributed by atoms with van der Waals surface area (Å²) < 4.78 is 25.1. The van der Waals surface area contributed by atoms with Gasteiger partial charge in [0.05, 0.1) is 31.5 Å². The molecule has 1 amide bonds. The van der Waals surface area contributed by atoms with Crippen LogP contribution in [0.15, 0.2) is 60.8 Å². The van der Waals surface area contributed by atoms with Crippen LogP contribution in [0, 0.1) is 18.7 Å². The molecular weight excluding hydrogens is 459 g/mol. The lowest BCUT2D eigenvalue weighted by Crippen LogP contribution is -2.60. The van der Waals surface area contributed by atoms with E-state index in [0.717, 1.165) is 6.20 Å². The van der Waals surface area contributed by atoms with Crippen LogP contribution in [0.5, 0.6) is 0 Å². The maximum atomic E-state index is 13.5. The van der Waals surface area contributed by atoms with Gasteiger partial charge in [-0.2, -0.15) is 0 Å². The number of piperidine rings is 1. The molecule has 7 heteroatoms. The smallest absolute Gasteiger partial charge is 0.410 e. The summed E-state index contributed by atoms with van der Waals surface area (Å²) in [5.74, 6) is -0.863. The first kappa shape index (κ1) is 22.9. The van der Waals surface area contributed by atoms with E-state index < -0.39 is 5.82 Å². The Hall–Kier alpha value is -3.58. The molecule has 2 fully saturated rings. The largest absolute Gasteiger partial charge is 0.448 e. The van der Waals surface area contributed by atoms with Crippen molar-refractivity contribution in [1.29, 1.82) is 0 Å². The van der Waals surface area contributed by atoms with Gasteiger partial charge in [-0.1, -0.05) is 48.5 Å². The number of carbonyl (C=O) groups is 2. The molecule has 2 aromatic carbocycles. The van der Waals surface area contributed by atoms with Crippen molar-refractivity contribution in [3.63, 3.8) is 0 Å². The van der Waals surface area contributed by atoms with Crippen molar-refractivity contribution in [2.24, 2.45) is 5.92 Å². The first-order valence-electron chi connectivity index (χ1n) is 12.4. The van der Waals surface area contributed by atoms with Crippen molar-refractivity contribution in [2.75, 3.05) is 19.8 Å². The molecule has 0 radical (unpaired) electrons. The normalized spacial score (nSPS) is 22.6. The number of fused-ring (bicyclic) bond motifs is 5. The fourth-order valence-corrected chi connectivity index (χ4v) is 6.09. The van der Waals surface area contributed by atoms with Gasteiger partial charge in [-0.05, 0) is 53.6 Å². The highest BCUT2D eigenvalue weighted by Crippen LogP contribution is 2.44. The van der Waals surface area contributed by atoms with E-state index >= 15 is 0 Å². The first-order valence-corrected chi connectivity index (χ1v) is 12.4. The zero-order valence-electron chi connectivity index (χ0n) is 20.0. The van der Waals surface area contributed by atoms with Crippen LogP contribution in [0.1, 0.15) is 45.9 Å². The molecule has 3 heterocycles. The SMILES string of the molecule is Cc1cc(F)cnc1C(=O)C1CC2COCC(C1)N2C(=O)OCC1c2ccccc2-c2ccccc21. The van der Waals surface area contributed by atoms with Gasteiger partial charge in [0.25, 0.3) is 0 Å². The Morgan fingerprint density at radius 3 is 2.25 bits per heavy atom. The van der Waals surface area contributed by atoms with Crippen LogP contribution in [-0.4, -0.2) is 53.7 Å². The second-order valence-electron chi connectivity index (χ2n) is 9.91. The fraction of sp³-hybridized carbons (Fsp3) is 0.345. The van der Waals surface area contributed by atoms with Gasteiger partial charge in [0.1, 0.15) is 18.1 Å². The van der Waals surface area contributed by atoms with Gasteiger partial charge in [0.2, 0.25) is 0 Å². The standard InChI is InChI=1S/C29H27FN2O4/c1-17-10-19(30)13-31-27(17)28(33)18-11-20-14-35-15-21(12-18)32(20)29(34)36-16-26-24-8-4-2-6-22(24)23-7-3-5-9-25(23)26/h2-10,13,18,20-21,26H,11-12,14-16H2,1H3. The lowest BCUT2D eigenvalue weighted by atomic mass is 9.81. The van der Waals surface area contributed by atoms with Crippen LogP contribution >= 0.6 is 0 Å². The number of morpholine rings is 1. The highest BCUT2D eigenvalue weighted by Gasteiger charge is 2.45. The number of aromatic nitrogens is 1. The first-order chi connectivity index (χ1) is 17.5. The summed E-state index contributed by atoms with van der Waals surface area (Å²) >= 11 is 0. The average molecular weight is 487 g/mol. The number of amides is 1. The number of ketones is 1. The van der Waals surface area contributed by atoms with Gasteiger partial charge < -0.3 is 9.47 Å². The van der Waals surface area contributed by atoms with Crippen molar-refractivity contribution in [1.82, 2.24) is 9.88 Å². The molecule has 0 saturated carbocycles. The molecule has 2 bridgehead atoms. The van der Waals surface area contributed by atoms with E-state index in [1.165, 1.54) is 28.3 Å². The van der Waals surface area contributed by atoms with Gasteiger partial charge in [-0.3, -0.25) is 9.69 Å². The van der Waals surface area contributed by atoms with Crippen molar-refractivity contribution < 1.29 is 23.5 Å². The number of aryl methyl sites for hydroxylation is 1. The van der Waals surface area contributed by atoms with E-state index in [1.807, 2.05) is 24.3 Å². The van der Waals surface area contributed by atoms with Crippen molar-refractivity contribution in [3.05, 3.63) is 89.0 Å². The second-order valence-corrected chi connectivity index (χ2v) is 9.91. The summed E-state index contributed by atoms with van der Waals surface area (Å²) in [6.07, 6.45) is 1.66. The van der Waals surface area contributed by atoms with Crippen molar-refractivity contribution in [2.45, 2.75) is 37.8 Å². The van der Waals surface area contributed by atoms with E-state index in [2.05, 4.69) is 29.2 Å². The monoisotopic (exact) mass is 486 g/mol. The molecular formula is C29H27FN2O4. The van der Waals surface area contributed by atoms with Crippen molar-refractivity contribution in [3.8, 4) is 11.1 Å². The molecule has 1 aliphatic carbocycles. The number of rotatable bonds is 4. The van der Waals surface area contributed by atoms with Crippen LogP contribution in [0.3, 0.4) is 0 Å². The van der Waals surface area contributed by atoms with E-state index in [0.29, 0.717) is 37.3 Å². The number of hydrogen-bond donors (Lipinski definition) is 0. The zero-order valence-corrected chi connectivity index (χ0v) is 20.0. The summed E-state index contributed by atoms with van der Waals surface area (Å²) in [6.45, 7) is 2.67. The number of nitrogens with zero attached hydrogens (tertiary/aromatic N) is 2. The third-order valence-corrected chi connectivity index (χ3v) is 7.72. The summed E-state index contributed by atoms with van der Waals surface area (Å²) in [7, 11) is 0. The predicted molar refractivity (Wildman–Crippen MR) is 131 cm³/mol. The Balaban J connectivity index is 1.17. The van der Waals surface area contributed by atoms with Crippen molar-refractivity contribution >= 4 is 11.9 Å². The quantitative estimate of drug-likeness (QED) is 0.478. The molecule has 36 heavy (non-hydrogen) atoms. The Morgan fingerprint density at radius 2 is 1.64 bits per heavy atom. The maximum Gasteiger partial charge on any atom is 0.410 e. The molecule has 6 rings (SSSR count). The number of Topliss-reactive ketones (excluding diaryl/α,β-unsaturated/α-hetero) is 1. The fourth-order valence-electron chi connectivity index (χ4n) is 6.09. The van der Waals surface area contributed by atoms with Crippen LogP contribution in [0.25, 0.3) is 11.1 Å². The summed E-state index contributed by atoms with van der Waals surface area (Å²) in [6, 6.07) is 17.3. The number of hydrogen-bond acceptors (Lipinski definition) is 5. The summed E-state index contributed by atoms with van der Waals surface area (Å²) in [4.78, 5) is 32.4. The molecule has 2 unspecified atom stereocenters. The Morgan fingerprint density at radius 1 is 1.03 bits per heavy atom. The highest BCUT2D eigenvalue weighted by molar-refractivity contribution is 5.97. The maximum absolute atomic E-state index is 13.5. The molecule has 3 aliphatic rings. The molecule has 6 nitrogen and oxygen atoms in total. The lowest BCUT2D eigenvalue weighted by Gasteiger charge is -2.47. The molecule has 0 spiro atoms. The topological polar surface area (TPSA) is 68.7 Å². The predicted octanol–water partition coefficient (Wildman–Crippen LogP) is 5.14. The Kier molecular flexibility index (Phi) is 5.80. The highest BCUT2D eigenvalue weighted by atomic mass is 19.1. The molecule has 3 aromatic rings. The molecule has 2 aliphatic heterocycles. The van der Waals surface area contributed by atoms with Crippen LogP contribution in [0.2, 0.25) is 0 Å². The summed E-state index contributed by atoms with van der Waals surface area (Å²) in [5, 5.41) is 0. The minimum absolute atomic E-state index is 0.0101. The van der Waals surface area contributed by atoms with E-state index in [-0.39, 0.29) is 42.4 Å². The van der Waals surface area contributed by atoms with Gasteiger partial charge in [0, 0.05) is 11.8 Å². The lowest BCUT2D eigenvalue weighted by molar-refractivity contribution is -0.0748. The number of halogens is 1. The van der Waals surface area contributed by atoms with Crippen LogP contribution in [0.4, 0.5) is 9.18 Å². The number of carbonyl (C=O) groups excluding carboxylic acids is 2. The third kappa shape index (κ3) is 3.88. The molecule has 0 N–H and O–H groups in total. The van der Waals surface area contributed by atoms with E-state index in [4.69, 9.17) is 9.47 Å². The average Bonchev–Trinajstić information content (AvgIpc) is 3.20. The third-order valence-electron chi connectivity index (χ3n) is 7.72. The minimum Gasteiger partial charge on any atom is -0.448 e. The number of benzene rings is 2. The van der Waals surface area contributed by atoms with Gasteiger partial charge in [-0.25, -0.2) is 14.2 Å². The molecule has 2 saturated heterocycles. The number of ether oxygens (including phenoxy) is 2. The van der Waals surface area contributed by atoms with E-state index in [1.54, 1.807) is 11.8 Å². The Labute approximate surface area is 209 Å². The molecule has 2 atom stereocenters. The van der Waals surface area contributed by atoms with Crippen LogP contribution < -0.4 is 0 Å². The van der Waals surface area contributed by atoms with Gasteiger partial charge in [-0.15, -0.1) is 0 Å². The molecule has 1 aromatic heterocycles. The Bertz CT molecular complexity index is 1280.